The summed E-state index contributed by atoms with van der Waals surface area (Å²) in [5.41, 5.74) is 2.11. The van der Waals surface area contributed by atoms with E-state index in [4.69, 9.17) is 16.3 Å². The Kier molecular flexibility index (Phi) is 7.42. The summed E-state index contributed by atoms with van der Waals surface area (Å²) in [4.78, 5) is 0. The molecule has 0 amide bonds. The van der Waals surface area contributed by atoms with Crippen molar-refractivity contribution in [2.75, 3.05) is 20.3 Å². The quantitative estimate of drug-likeness (QED) is 0.710. The molecule has 5 heteroatoms. The molecule has 1 aromatic rings. The molecule has 0 bridgehead atoms. The first kappa shape index (κ1) is 16.5. The van der Waals surface area contributed by atoms with Crippen LogP contribution in [0.3, 0.4) is 0 Å². The number of halogens is 1. The fourth-order valence-electron chi connectivity index (χ4n) is 2.20. The maximum atomic E-state index is 6.38. The highest BCUT2D eigenvalue weighted by atomic mass is 35.5. The maximum absolute atomic E-state index is 6.38. The van der Waals surface area contributed by atoms with Crippen molar-refractivity contribution in [3.8, 4) is 0 Å². The Morgan fingerprint density at radius 2 is 2.16 bits per heavy atom. The van der Waals surface area contributed by atoms with Crippen LogP contribution in [0.4, 0.5) is 0 Å². The molecule has 0 fully saturated rings. The van der Waals surface area contributed by atoms with Crippen LogP contribution in [0.25, 0.3) is 0 Å². The molecule has 1 aromatic heterocycles. The molecule has 0 aromatic carbocycles. The van der Waals surface area contributed by atoms with Crippen molar-refractivity contribution in [3.63, 3.8) is 0 Å². The topological polar surface area (TPSA) is 39.1 Å². The minimum absolute atomic E-state index is 0.415. The fraction of sp³-hybridized carbons (Fsp3) is 0.786. The van der Waals surface area contributed by atoms with Gasteiger partial charge in [0.15, 0.2) is 0 Å². The normalized spacial score (nSPS) is 12.9. The second-order valence-corrected chi connectivity index (χ2v) is 5.09. The summed E-state index contributed by atoms with van der Waals surface area (Å²) in [5.74, 6) is 0. The fourth-order valence-corrected chi connectivity index (χ4v) is 2.57. The Bertz CT molecular complexity index is 379. The highest BCUT2D eigenvalue weighted by Crippen LogP contribution is 2.22. The second kappa shape index (κ2) is 8.56. The smallest absolute Gasteiger partial charge is 0.0850 e. The van der Waals surface area contributed by atoms with Gasteiger partial charge in [0.05, 0.1) is 16.4 Å². The zero-order chi connectivity index (χ0) is 14.3. The summed E-state index contributed by atoms with van der Waals surface area (Å²) in [6.07, 6.45) is 3.93. The van der Waals surface area contributed by atoms with E-state index in [2.05, 4.69) is 17.3 Å². The van der Waals surface area contributed by atoms with Crippen molar-refractivity contribution in [1.82, 2.24) is 15.1 Å². The van der Waals surface area contributed by atoms with Gasteiger partial charge in [-0.3, -0.25) is 4.68 Å². The summed E-state index contributed by atoms with van der Waals surface area (Å²) in [7, 11) is 3.96. The third-order valence-electron chi connectivity index (χ3n) is 3.40. The van der Waals surface area contributed by atoms with Crippen LogP contribution in [0, 0.1) is 0 Å². The molecule has 0 saturated heterocycles. The van der Waals surface area contributed by atoms with Gasteiger partial charge in [-0.2, -0.15) is 5.10 Å². The number of nitrogens with one attached hydrogen (secondary N) is 1. The Morgan fingerprint density at radius 1 is 1.42 bits per heavy atom. The standard InChI is InChI=1S/C14H26ClN3O/c1-5-12-14(15)13(18(4)17-12)10-11(16-3)8-7-9-19-6-2/h11,16H,5-10H2,1-4H3. The number of rotatable bonds is 9. The van der Waals surface area contributed by atoms with Gasteiger partial charge in [-0.15, -0.1) is 0 Å². The first-order valence-electron chi connectivity index (χ1n) is 7.09. The van der Waals surface area contributed by atoms with Gasteiger partial charge >= 0.3 is 0 Å². The molecule has 0 radical (unpaired) electrons. The molecule has 1 unspecified atom stereocenters. The van der Waals surface area contributed by atoms with Crippen LogP contribution >= 0.6 is 11.6 Å². The van der Waals surface area contributed by atoms with E-state index in [0.29, 0.717) is 6.04 Å². The Morgan fingerprint density at radius 3 is 2.68 bits per heavy atom. The summed E-state index contributed by atoms with van der Waals surface area (Å²) in [6, 6.07) is 0.415. The van der Waals surface area contributed by atoms with E-state index in [1.807, 2.05) is 25.7 Å². The molecule has 0 aliphatic heterocycles. The van der Waals surface area contributed by atoms with E-state index < -0.39 is 0 Å². The van der Waals surface area contributed by atoms with Crippen molar-refractivity contribution in [2.45, 2.75) is 45.6 Å². The van der Waals surface area contributed by atoms with Crippen LogP contribution in [0.1, 0.15) is 38.1 Å². The molecule has 110 valence electrons. The zero-order valence-electron chi connectivity index (χ0n) is 12.5. The lowest BCUT2D eigenvalue weighted by Crippen LogP contribution is -2.29. The Labute approximate surface area is 121 Å². The van der Waals surface area contributed by atoms with Crippen molar-refractivity contribution in [3.05, 3.63) is 16.4 Å². The van der Waals surface area contributed by atoms with Gasteiger partial charge in [0, 0.05) is 32.7 Å². The molecular formula is C14H26ClN3O. The lowest BCUT2D eigenvalue weighted by atomic mass is 10.1. The third-order valence-corrected chi connectivity index (χ3v) is 3.83. The van der Waals surface area contributed by atoms with Gasteiger partial charge in [0.25, 0.3) is 0 Å². The van der Waals surface area contributed by atoms with E-state index in [-0.39, 0.29) is 0 Å². The SMILES string of the molecule is CCOCCCC(Cc1c(Cl)c(CC)nn1C)NC. The molecule has 1 heterocycles. The minimum Gasteiger partial charge on any atom is -0.382 e. The summed E-state index contributed by atoms with van der Waals surface area (Å²) in [5, 5.41) is 8.64. The van der Waals surface area contributed by atoms with Crippen LogP contribution < -0.4 is 5.32 Å². The number of hydrogen-bond acceptors (Lipinski definition) is 3. The number of aromatic nitrogens is 2. The van der Waals surface area contributed by atoms with Crippen LogP contribution in [0.15, 0.2) is 0 Å². The van der Waals surface area contributed by atoms with Crippen molar-refractivity contribution in [1.29, 1.82) is 0 Å². The number of nitrogens with zero attached hydrogens (tertiary/aromatic N) is 2. The largest absolute Gasteiger partial charge is 0.382 e. The van der Waals surface area contributed by atoms with Gasteiger partial charge < -0.3 is 10.1 Å². The Hall–Kier alpha value is -0.580. The van der Waals surface area contributed by atoms with E-state index in [1.54, 1.807) is 0 Å². The average molecular weight is 288 g/mol. The summed E-state index contributed by atoms with van der Waals surface area (Å²) < 4.78 is 7.29. The van der Waals surface area contributed by atoms with Gasteiger partial charge in [0.1, 0.15) is 0 Å². The lowest BCUT2D eigenvalue weighted by molar-refractivity contribution is 0.141. The molecule has 0 spiro atoms. The molecule has 0 aliphatic carbocycles. The molecule has 1 rings (SSSR count). The van der Waals surface area contributed by atoms with Crippen LogP contribution in [0.5, 0.6) is 0 Å². The second-order valence-electron chi connectivity index (χ2n) is 4.71. The van der Waals surface area contributed by atoms with Crippen molar-refractivity contribution >= 4 is 11.6 Å². The molecule has 1 N–H and O–H groups in total. The predicted molar refractivity (Wildman–Crippen MR) is 79.9 cm³/mol. The van der Waals surface area contributed by atoms with Crippen LogP contribution in [-0.4, -0.2) is 36.1 Å². The summed E-state index contributed by atoms with van der Waals surface area (Å²) in [6.45, 7) is 5.72. The molecule has 1 atom stereocenters. The predicted octanol–water partition coefficient (Wildman–Crippen LogP) is 2.58. The first-order valence-corrected chi connectivity index (χ1v) is 7.47. The van der Waals surface area contributed by atoms with E-state index in [9.17, 15) is 0 Å². The lowest BCUT2D eigenvalue weighted by Gasteiger charge is -2.16. The maximum Gasteiger partial charge on any atom is 0.0850 e. The number of hydrogen-bond donors (Lipinski definition) is 1. The van der Waals surface area contributed by atoms with Gasteiger partial charge in [0.2, 0.25) is 0 Å². The van der Waals surface area contributed by atoms with E-state index in [1.165, 1.54) is 0 Å². The highest BCUT2D eigenvalue weighted by molar-refractivity contribution is 6.31. The average Bonchev–Trinajstić information content (AvgIpc) is 2.69. The molecule has 0 saturated carbocycles. The van der Waals surface area contributed by atoms with Crippen molar-refractivity contribution in [2.24, 2.45) is 7.05 Å². The monoisotopic (exact) mass is 287 g/mol. The highest BCUT2D eigenvalue weighted by Gasteiger charge is 2.16. The number of ether oxygens (including phenoxy) is 1. The molecule has 19 heavy (non-hydrogen) atoms. The van der Waals surface area contributed by atoms with Crippen LogP contribution in [-0.2, 0) is 24.6 Å². The van der Waals surface area contributed by atoms with E-state index >= 15 is 0 Å². The summed E-state index contributed by atoms with van der Waals surface area (Å²) >= 11 is 6.38. The zero-order valence-corrected chi connectivity index (χ0v) is 13.3. The van der Waals surface area contributed by atoms with Crippen LogP contribution in [0.2, 0.25) is 5.02 Å². The minimum atomic E-state index is 0.415. The van der Waals surface area contributed by atoms with Gasteiger partial charge in [-0.25, -0.2) is 0 Å². The van der Waals surface area contributed by atoms with Crippen molar-refractivity contribution < 1.29 is 4.74 Å². The molecule has 4 nitrogen and oxygen atoms in total. The first-order chi connectivity index (χ1) is 9.13. The Balaban J connectivity index is 2.57. The van der Waals surface area contributed by atoms with E-state index in [0.717, 1.165) is 55.3 Å². The molecule has 0 aliphatic rings. The third kappa shape index (κ3) is 4.79. The van der Waals surface area contributed by atoms with Gasteiger partial charge in [-0.1, -0.05) is 18.5 Å². The van der Waals surface area contributed by atoms with Gasteiger partial charge in [-0.05, 0) is 33.2 Å². The molecular weight excluding hydrogens is 262 g/mol. The number of likely N-dealkylation sites (N-methyl/N-ethyl adjacent to an activating group) is 1. The number of aryl methyl sites for hydroxylation is 2.